The number of fused-ring (bicyclic) bond motifs is 2. The van der Waals surface area contributed by atoms with Crippen molar-refractivity contribution in [2.45, 2.75) is 0 Å². The van der Waals surface area contributed by atoms with E-state index < -0.39 is 0 Å². The van der Waals surface area contributed by atoms with Crippen molar-refractivity contribution in [2.24, 2.45) is 0 Å². The second kappa shape index (κ2) is 4.71. The van der Waals surface area contributed by atoms with Gasteiger partial charge >= 0.3 is 0 Å². The van der Waals surface area contributed by atoms with Gasteiger partial charge in [-0.3, -0.25) is 9.59 Å². The van der Waals surface area contributed by atoms with E-state index in [2.05, 4.69) is 36.4 Å². The van der Waals surface area contributed by atoms with Crippen LogP contribution in [-0.4, -0.2) is 14.9 Å². The average Bonchev–Trinajstić information content (AvgIpc) is 2.68. The summed E-state index contributed by atoms with van der Waals surface area (Å²) in [6, 6.07) is 20.4. The van der Waals surface area contributed by atoms with Gasteiger partial charge in [-0.1, -0.05) is 48.5 Å². The third kappa shape index (κ3) is 1.54. The van der Waals surface area contributed by atoms with Crippen LogP contribution >= 0.6 is 22.9 Å². The van der Waals surface area contributed by atoms with Crippen LogP contribution in [0.2, 0.25) is 0 Å². The molecule has 5 aromatic rings. The molecule has 0 bridgehead atoms. The monoisotopic (exact) mass is 447 g/mol. The highest BCUT2D eigenvalue weighted by atomic mass is 127. The molecule has 0 atom stereocenters. The van der Waals surface area contributed by atoms with Gasteiger partial charge in [0, 0.05) is 16.5 Å². The van der Waals surface area contributed by atoms with Gasteiger partial charge in [0.2, 0.25) is 0 Å². The van der Waals surface area contributed by atoms with Crippen molar-refractivity contribution in [3.8, 4) is 0 Å². The Morgan fingerprint density at radius 3 is 1.62 bits per heavy atom. The highest BCUT2D eigenvalue weighted by molar-refractivity contribution is 14.1. The number of carbonyl (C=O) groups is 2. The molecular weight excluding hydrogens is 437 g/mol. The second-order valence-electron chi connectivity index (χ2n) is 6.67. The SMILES string of the molecule is O=C1c2ccc3c4cccc5cccc(c6ccc(c2c36)C(=O)N1I)c54. The summed E-state index contributed by atoms with van der Waals surface area (Å²) < 4.78 is 1.18. The van der Waals surface area contributed by atoms with E-state index in [1.807, 2.05) is 24.3 Å². The highest BCUT2D eigenvalue weighted by Crippen LogP contribution is 2.43. The van der Waals surface area contributed by atoms with E-state index in [4.69, 9.17) is 0 Å². The first-order valence-electron chi connectivity index (χ1n) is 8.33. The van der Waals surface area contributed by atoms with Gasteiger partial charge in [-0.25, -0.2) is 3.11 Å². The van der Waals surface area contributed by atoms with Crippen molar-refractivity contribution >= 4 is 77.8 Å². The fraction of sp³-hybridized carbons (Fsp3) is 0. The molecular formula is C22H10INO2. The van der Waals surface area contributed by atoms with Crippen molar-refractivity contribution in [3.63, 3.8) is 0 Å². The summed E-state index contributed by atoms with van der Waals surface area (Å²) in [6.07, 6.45) is 0. The summed E-state index contributed by atoms with van der Waals surface area (Å²) in [7, 11) is 0. The Morgan fingerprint density at radius 2 is 1.08 bits per heavy atom. The largest absolute Gasteiger partial charge is 0.270 e. The summed E-state index contributed by atoms with van der Waals surface area (Å²) in [5.74, 6) is -0.493. The molecule has 2 amide bonds. The van der Waals surface area contributed by atoms with E-state index in [0.29, 0.717) is 11.1 Å². The van der Waals surface area contributed by atoms with Crippen molar-refractivity contribution in [1.82, 2.24) is 3.11 Å². The quantitative estimate of drug-likeness (QED) is 0.101. The van der Waals surface area contributed by atoms with Gasteiger partial charge in [0.05, 0.1) is 22.9 Å². The Hall–Kier alpha value is -2.73. The third-order valence-corrected chi connectivity index (χ3v) is 6.34. The number of carbonyl (C=O) groups excluding carboxylic acids is 2. The van der Waals surface area contributed by atoms with E-state index in [1.54, 1.807) is 22.9 Å². The van der Waals surface area contributed by atoms with Crippen LogP contribution in [0.15, 0.2) is 60.7 Å². The van der Waals surface area contributed by atoms with E-state index >= 15 is 0 Å². The molecule has 26 heavy (non-hydrogen) atoms. The molecule has 0 spiro atoms. The third-order valence-electron chi connectivity index (χ3n) is 5.46. The maximum atomic E-state index is 12.7. The zero-order chi connectivity index (χ0) is 17.6. The van der Waals surface area contributed by atoms with Crippen LogP contribution in [0.4, 0.5) is 0 Å². The zero-order valence-corrected chi connectivity index (χ0v) is 15.6. The van der Waals surface area contributed by atoms with E-state index in [9.17, 15) is 9.59 Å². The maximum absolute atomic E-state index is 12.7. The Morgan fingerprint density at radius 1 is 0.577 bits per heavy atom. The highest BCUT2D eigenvalue weighted by Gasteiger charge is 2.32. The molecule has 0 saturated heterocycles. The van der Waals surface area contributed by atoms with Crippen molar-refractivity contribution < 1.29 is 9.59 Å². The lowest BCUT2D eigenvalue weighted by molar-refractivity contribution is 0.0758. The number of amides is 2. The van der Waals surface area contributed by atoms with E-state index in [-0.39, 0.29) is 11.8 Å². The normalized spacial score (nSPS) is 14.4. The number of hydrogen-bond acceptors (Lipinski definition) is 2. The van der Waals surface area contributed by atoms with Crippen LogP contribution in [0, 0.1) is 0 Å². The number of imide groups is 1. The summed E-state index contributed by atoms with van der Waals surface area (Å²) >= 11 is 1.79. The lowest BCUT2D eigenvalue weighted by Crippen LogP contribution is -2.32. The van der Waals surface area contributed by atoms with Crippen LogP contribution in [0.3, 0.4) is 0 Å². The standard InChI is InChI=1S/C22H10INO2/c23-24-21(25)16-9-7-14-12-5-1-3-11-4-2-6-13(18(11)12)15-8-10-17(22(24)26)20(16)19(14)15/h1-10H. The van der Waals surface area contributed by atoms with Crippen molar-refractivity contribution in [1.29, 1.82) is 0 Å². The summed E-state index contributed by atoms with van der Waals surface area (Å²) in [6.45, 7) is 0. The Balaban J connectivity index is 2.00. The van der Waals surface area contributed by atoms with Crippen LogP contribution in [0.25, 0.3) is 43.1 Å². The average molecular weight is 447 g/mol. The summed E-state index contributed by atoms with van der Waals surface area (Å²) in [4.78, 5) is 25.4. The zero-order valence-electron chi connectivity index (χ0n) is 13.4. The van der Waals surface area contributed by atoms with Crippen LogP contribution in [0.1, 0.15) is 20.7 Å². The topological polar surface area (TPSA) is 37.4 Å². The van der Waals surface area contributed by atoms with Gasteiger partial charge in [0.15, 0.2) is 0 Å². The number of nitrogens with zero attached hydrogens (tertiary/aromatic N) is 1. The Labute approximate surface area is 162 Å². The predicted molar refractivity (Wildman–Crippen MR) is 112 cm³/mol. The number of hydrogen-bond donors (Lipinski definition) is 0. The van der Waals surface area contributed by atoms with Gasteiger partial charge in [-0.2, -0.15) is 0 Å². The van der Waals surface area contributed by atoms with Gasteiger partial charge in [-0.05, 0) is 49.8 Å². The van der Waals surface area contributed by atoms with Crippen molar-refractivity contribution in [2.75, 3.05) is 0 Å². The first kappa shape index (κ1) is 14.4. The molecule has 0 fully saturated rings. The second-order valence-corrected chi connectivity index (χ2v) is 7.64. The van der Waals surface area contributed by atoms with Gasteiger partial charge in [0.1, 0.15) is 0 Å². The van der Waals surface area contributed by atoms with Gasteiger partial charge in [-0.15, -0.1) is 0 Å². The molecule has 0 N–H and O–H groups in total. The molecule has 0 aromatic heterocycles. The molecule has 1 aliphatic rings. The number of benzene rings is 5. The van der Waals surface area contributed by atoms with Gasteiger partial charge in [0.25, 0.3) is 11.8 Å². The smallest absolute Gasteiger partial charge is 0.268 e. The molecule has 5 aromatic carbocycles. The molecule has 6 rings (SSSR count). The first-order valence-corrected chi connectivity index (χ1v) is 9.30. The predicted octanol–water partition coefficient (Wildman–Crippen LogP) is 5.68. The Bertz CT molecular complexity index is 1340. The lowest BCUT2D eigenvalue weighted by Gasteiger charge is -2.24. The molecule has 3 nitrogen and oxygen atoms in total. The van der Waals surface area contributed by atoms with Crippen LogP contribution in [0.5, 0.6) is 0 Å². The lowest BCUT2D eigenvalue weighted by atomic mass is 9.85. The minimum atomic E-state index is -0.246. The molecule has 122 valence electrons. The maximum Gasteiger partial charge on any atom is 0.270 e. The Kier molecular flexibility index (Phi) is 2.61. The van der Waals surface area contributed by atoms with Gasteiger partial charge < -0.3 is 0 Å². The van der Waals surface area contributed by atoms with Crippen LogP contribution < -0.4 is 0 Å². The fourth-order valence-corrected chi connectivity index (χ4v) is 4.91. The molecule has 0 unspecified atom stereocenters. The molecule has 0 radical (unpaired) electrons. The fourth-order valence-electron chi connectivity index (χ4n) is 4.39. The van der Waals surface area contributed by atoms with Crippen molar-refractivity contribution in [3.05, 3.63) is 71.8 Å². The molecule has 1 aliphatic heterocycles. The number of halogens is 1. The minimum absolute atomic E-state index is 0.246. The first-order chi connectivity index (χ1) is 12.7. The van der Waals surface area contributed by atoms with E-state index in [1.165, 1.54) is 13.9 Å². The molecule has 0 aliphatic carbocycles. The summed E-state index contributed by atoms with van der Waals surface area (Å²) in [5, 5.41) is 8.73. The number of rotatable bonds is 0. The van der Waals surface area contributed by atoms with E-state index in [0.717, 1.165) is 32.3 Å². The minimum Gasteiger partial charge on any atom is -0.268 e. The van der Waals surface area contributed by atoms with Crippen LogP contribution in [-0.2, 0) is 0 Å². The summed E-state index contributed by atoms with van der Waals surface area (Å²) in [5.41, 5.74) is 1.20. The molecule has 0 saturated carbocycles. The molecule has 1 heterocycles. The molecule has 4 heteroatoms.